The van der Waals surface area contributed by atoms with Crippen LogP contribution in [0.25, 0.3) is 11.3 Å². The smallest absolute Gasteiger partial charge is 0.163 e. The summed E-state index contributed by atoms with van der Waals surface area (Å²) >= 11 is 6.03. The number of pyridine rings is 1. The van der Waals surface area contributed by atoms with Gasteiger partial charge in [0.25, 0.3) is 0 Å². The van der Waals surface area contributed by atoms with Crippen LogP contribution in [0.4, 0.5) is 4.39 Å². The molecule has 0 spiro atoms. The SMILES string of the molecule is COc1cc(C(=O)CCC(C)(O)c2cc3c(c(-c4ccc(F)c(Cl)c4)n2)OCC3(C)N)ccc1OC1CC1. The minimum absolute atomic E-state index is 0.0571. The molecular formula is C29H30ClFN2O5. The topological polar surface area (TPSA) is 104 Å². The maximum Gasteiger partial charge on any atom is 0.163 e. The number of hydrogen-bond acceptors (Lipinski definition) is 7. The number of carbonyl (C=O) groups excluding carboxylic acids is 1. The van der Waals surface area contributed by atoms with Crippen LogP contribution in [-0.2, 0) is 11.1 Å². The van der Waals surface area contributed by atoms with Crippen molar-refractivity contribution in [1.82, 2.24) is 4.98 Å². The fourth-order valence-corrected chi connectivity index (χ4v) is 4.63. The second-order valence-electron chi connectivity index (χ2n) is 10.4. The Morgan fingerprint density at radius 2 is 2.03 bits per heavy atom. The zero-order chi connectivity index (χ0) is 27.2. The number of Topliss-reactive ketones (excluding diaryl/α,β-unsaturated/α-hetero) is 1. The monoisotopic (exact) mass is 540 g/mol. The molecule has 1 aliphatic carbocycles. The van der Waals surface area contributed by atoms with Crippen molar-refractivity contribution in [3.63, 3.8) is 0 Å². The summed E-state index contributed by atoms with van der Waals surface area (Å²) in [5.41, 5.74) is 6.57. The lowest BCUT2D eigenvalue weighted by atomic mass is 9.88. The van der Waals surface area contributed by atoms with Gasteiger partial charge in [0, 0.05) is 23.1 Å². The summed E-state index contributed by atoms with van der Waals surface area (Å²) in [6.07, 6.45) is 2.40. The molecule has 0 saturated heterocycles. The molecule has 38 heavy (non-hydrogen) atoms. The molecule has 2 aromatic carbocycles. The van der Waals surface area contributed by atoms with Crippen molar-refractivity contribution in [2.24, 2.45) is 5.73 Å². The van der Waals surface area contributed by atoms with Crippen LogP contribution in [0, 0.1) is 5.82 Å². The lowest BCUT2D eigenvalue weighted by Gasteiger charge is -2.25. The van der Waals surface area contributed by atoms with E-state index >= 15 is 0 Å². The average molecular weight is 541 g/mol. The van der Waals surface area contributed by atoms with Gasteiger partial charge in [0.1, 0.15) is 23.7 Å². The third-order valence-corrected chi connectivity index (χ3v) is 7.28. The minimum Gasteiger partial charge on any atom is -0.493 e. The van der Waals surface area contributed by atoms with Crippen molar-refractivity contribution in [2.75, 3.05) is 13.7 Å². The van der Waals surface area contributed by atoms with E-state index in [9.17, 15) is 14.3 Å². The van der Waals surface area contributed by atoms with Gasteiger partial charge in [-0.3, -0.25) is 4.79 Å². The standard InChI is InChI=1S/C29H30ClFN2O5/c1-28(32)15-37-27-19(28)14-25(33-26(27)17-4-8-21(31)20(30)12-17)29(2,35)11-10-22(34)16-5-9-23(24(13-16)36-3)38-18-6-7-18/h4-5,8-9,12-14,18,35H,6-7,10-11,15,32H2,1-3H3. The largest absolute Gasteiger partial charge is 0.493 e. The van der Waals surface area contributed by atoms with Gasteiger partial charge in [-0.05, 0) is 75.6 Å². The van der Waals surface area contributed by atoms with Crippen LogP contribution in [0.1, 0.15) is 61.1 Å². The van der Waals surface area contributed by atoms with Gasteiger partial charge in [-0.15, -0.1) is 0 Å². The number of benzene rings is 2. The fraction of sp³-hybridized carbons (Fsp3) is 0.379. The van der Waals surface area contributed by atoms with E-state index in [1.165, 1.54) is 19.2 Å². The summed E-state index contributed by atoms with van der Waals surface area (Å²) < 4.78 is 31.0. The van der Waals surface area contributed by atoms with Crippen molar-refractivity contribution < 1.29 is 28.5 Å². The maximum atomic E-state index is 13.8. The maximum absolute atomic E-state index is 13.8. The van der Waals surface area contributed by atoms with E-state index in [1.54, 1.807) is 37.3 Å². The zero-order valence-electron chi connectivity index (χ0n) is 21.5. The Morgan fingerprint density at radius 3 is 2.71 bits per heavy atom. The van der Waals surface area contributed by atoms with Gasteiger partial charge in [0.05, 0.1) is 29.5 Å². The van der Waals surface area contributed by atoms with Gasteiger partial charge in [0.15, 0.2) is 23.0 Å². The molecule has 200 valence electrons. The molecule has 0 radical (unpaired) electrons. The van der Waals surface area contributed by atoms with Crippen LogP contribution >= 0.6 is 11.6 Å². The number of rotatable bonds is 9. The molecule has 2 aliphatic rings. The highest BCUT2D eigenvalue weighted by Crippen LogP contribution is 2.44. The van der Waals surface area contributed by atoms with Crippen molar-refractivity contribution in [3.05, 3.63) is 70.1 Å². The van der Waals surface area contributed by atoms with Gasteiger partial charge in [0.2, 0.25) is 0 Å². The summed E-state index contributed by atoms with van der Waals surface area (Å²) in [5.74, 6) is 0.872. The first kappa shape index (κ1) is 26.4. The number of ether oxygens (including phenoxy) is 3. The van der Waals surface area contributed by atoms with Gasteiger partial charge < -0.3 is 25.1 Å². The summed E-state index contributed by atoms with van der Waals surface area (Å²) in [6.45, 7) is 3.65. The highest BCUT2D eigenvalue weighted by molar-refractivity contribution is 6.31. The number of methoxy groups -OCH3 is 1. The molecule has 1 fully saturated rings. The number of nitrogens with zero attached hydrogens (tertiary/aromatic N) is 1. The van der Waals surface area contributed by atoms with E-state index in [0.29, 0.717) is 45.3 Å². The van der Waals surface area contributed by atoms with E-state index in [0.717, 1.165) is 12.8 Å². The number of carbonyl (C=O) groups is 1. The highest BCUT2D eigenvalue weighted by Gasteiger charge is 2.38. The number of aliphatic hydroxyl groups is 1. The molecule has 0 amide bonds. The molecule has 1 aliphatic heterocycles. The third-order valence-electron chi connectivity index (χ3n) is 6.99. The van der Waals surface area contributed by atoms with Crippen molar-refractivity contribution in [2.45, 2.75) is 56.8 Å². The molecule has 2 heterocycles. The van der Waals surface area contributed by atoms with Gasteiger partial charge in [-0.25, -0.2) is 9.37 Å². The molecule has 1 saturated carbocycles. The van der Waals surface area contributed by atoms with Gasteiger partial charge >= 0.3 is 0 Å². The molecule has 9 heteroatoms. The number of ketones is 1. The summed E-state index contributed by atoms with van der Waals surface area (Å²) in [7, 11) is 1.54. The van der Waals surface area contributed by atoms with Crippen LogP contribution in [-0.4, -0.2) is 35.7 Å². The molecule has 1 aromatic heterocycles. The second kappa shape index (κ2) is 9.84. The van der Waals surface area contributed by atoms with Crippen LogP contribution in [0.2, 0.25) is 5.02 Å². The molecule has 7 nitrogen and oxygen atoms in total. The molecule has 3 aromatic rings. The van der Waals surface area contributed by atoms with E-state index < -0.39 is 17.0 Å². The third kappa shape index (κ3) is 5.21. The molecular weight excluding hydrogens is 511 g/mol. The Balaban J connectivity index is 1.41. The molecule has 2 unspecified atom stereocenters. The Morgan fingerprint density at radius 1 is 1.26 bits per heavy atom. The Labute approximate surface area is 225 Å². The first-order chi connectivity index (χ1) is 18.0. The average Bonchev–Trinajstić information content (AvgIpc) is 3.65. The number of aromatic nitrogens is 1. The Hall–Kier alpha value is -3.20. The van der Waals surface area contributed by atoms with E-state index in [4.69, 9.17) is 31.5 Å². The summed E-state index contributed by atoms with van der Waals surface area (Å²) in [4.78, 5) is 17.8. The van der Waals surface area contributed by atoms with Crippen molar-refractivity contribution >= 4 is 17.4 Å². The van der Waals surface area contributed by atoms with Gasteiger partial charge in [-0.2, -0.15) is 0 Å². The molecule has 2 atom stereocenters. The number of halogens is 2. The Kier molecular flexibility index (Phi) is 6.84. The Bertz CT molecular complexity index is 1400. The molecule has 0 bridgehead atoms. The van der Waals surface area contributed by atoms with Crippen molar-refractivity contribution in [1.29, 1.82) is 0 Å². The van der Waals surface area contributed by atoms with E-state index in [1.807, 2.05) is 6.92 Å². The number of nitrogens with two attached hydrogens (primary N) is 1. The fourth-order valence-electron chi connectivity index (χ4n) is 4.45. The van der Waals surface area contributed by atoms with Crippen LogP contribution < -0.4 is 19.9 Å². The molecule has 3 N–H and O–H groups in total. The predicted molar refractivity (Wildman–Crippen MR) is 141 cm³/mol. The van der Waals surface area contributed by atoms with E-state index in [2.05, 4.69) is 4.98 Å². The first-order valence-electron chi connectivity index (χ1n) is 12.5. The van der Waals surface area contributed by atoms with Gasteiger partial charge in [-0.1, -0.05) is 11.6 Å². The number of fused-ring (bicyclic) bond motifs is 1. The highest BCUT2D eigenvalue weighted by atomic mass is 35.5. The zero-order valence-corrected chi connectivity index (χ0v) is 22.3. The second-order valence-corrected chi connectivity index (χ2v) is 10.9. The lowest BCUT2D eigenvalue weighted by molar-refractivity contribution is 0.0396. The van der Waals surface area contributed by atoms with Crippen LogP contribution in [0.5, 0.6) is 17.2 Å². The lowest BCUT2D eigenvalue weighted by Crippen LogP contribution is -2.35. The quantitative estimate of drug-likeness (QED) is 0.344. The summed E-state index contributed by atoms with van der Waals surface area (Å²) in [5, 5.41) is 11.4. The van der Waals surface area contributed by atoms with Crippen LogP contribution in [0.3, 0.4) is 0 Å². The minimum atomic E-state index is -1.47. The molecule has 5 rings (SSSR count). The normalized spacial score (nSPS) is 19.9. The van der Waals surface area contributed by atoms with Crippen molar-refractivity contribution in [3.8, 4) is 28.5 Å². The predicted octanol–water partition coefficient (Wildman–Crippen LogP) is 5.53. The van der Waals surface area contributed by atoms with E-state index in [-0.39, 0.29) is 36.4 Å². The first-order valence-corrected chi connectivity index (χ1v) is 12.9. The van der Waals surface area contributed by atoms with Crippen LogP contribution in [0.15, 0.2) is 42.5 Å². The number of hydrogen-bond donors (Lipinski definition) is 2. The summed E-state index contributed by atoms with van der Waals surface area (Å²) in [6, 6.07) is 11.1.